The third kappa shape index (κ3) is 4.42. The number of aliphatic hydroxyl groups excluding tert-OH is 1. The second-order valence-corrected chi connectivity index (χ2v) is 5.29. The third-order valence-corrected chi connectivity index (χ3v) is 3.87. The molecule has 1 aliphatic carbocycles. The highest BCUT2D eigenvalue weighted by atomic mass is 16.3. The van der Waals surface area contributed by atoms with E-state index in [2.05, 4.69) is 18.7 Å². The monoisotopic (exact) mass is 227 g/mol. The van der Waals surface area contributed by atoms with Crippen molar-refractivity contribution in [2.24, 2.45) is 11.8 Å². The molecule has 0 heterocycles. The Morgan fingerprint density at radius 1 is 1.00 bits per heavy atom. The van der Waals surface area contributed by atoms with Gasteiger partial charge in [0.1, 0.15) is 0 Å². The van der Waals surface area contributed by atoms with Crippen molar-refractivity contribution in [3.8, 4) is 0 Å². The van der Waals surface area contributed by atoms with E-state index < -0.39 is 0 Å². The SMILES string of the molecule is CCCN(CCC)CC1CCCCC1CO. The highest BCUT2D eigenvalue weighted by Crippen LogP contribution is 2.30. The molecule has 0 amide bonds. The van der Waals surface area contributed by atoms with Gasteiger partial charge in [-0.05, 0) is 50.6 Å². The molecule has 1 fully saturated rings. The number of aliphatic hydroxyl groups is 1. The maximum atomic E-state index is 9.42. The van der Waals surface area contributed by atoms with Crippen LogP contribution >= 0.6 is 0 Å². The summed E-state index contributed by atoms with van der Waals surface area (Å²) in [6.07, 6.45) is 7.76. The van der Waals surface area contributed by atoms with Crippen LogP contribution in [0.4, 0.5) is 0 Å². The summed E-state index contributed by atoms with van der Waals surface area (Å²) in [7, 11) is 0. The van der Waals surface area contributed by atoms with E-state index in [1.807, 2.05) is 0 Å². The quantitative estimate of drug-likeness (QED) is 0.723. The lowest BCUT2D eigenvalue weighted by Gasteiger charge is -2.34. The topological polar surface area (TPSA) is 23.5 Å². The fourth-order valence-electron chi connectivity index (χ4n) is 3.02. The first-order valence-electron chi connectivity index (χ1n) is 7.15. The molecular formula is C14H29NO. The summed E-state index contributed by atoms with van der Waals surface area (Å²) in [5.74, 6) is 1.32. The first kappa shape index (κ1) is 14.0. The smallest absolute Gasteiger partial charge is 0.0462 e. The van der Waals surface area contributed by atoms with Crippen LogP contribution in [0.3, 0.4) is 0 Å². The number of hydrogen-bond acceptors (Lipinski definition) is 2. The molecule has 0 bridgehead atoms. The maximum absolute atomic E-state index is 9.42. The second kappa shape index (κ2) is 8.08. The fraction of sp³-hybridized carbons (Fsp3) is 1.00. The van der Waals surface area contributed by atoms with Crippen LogP contribution in [-0.2, 0) is 0 Å². The van der Waals surface area contributed by atoms with Gasteiger partial charge in [0.05, 0.1) is 0 Å². The standard InChI is InChI=1S/C14H29NO/c1-3-9-15(10-4-2)11-13-7-5-6-8-14(13)12-16/h13-14,16H,3-12H2,1-2H3. The largest absolute Gasteiger partial charge is 0.396 e. The average Bonchev–Trinajstić information content (AvgIpc) is 2.30. The average molecular weight is 227 g/mol. The van der Waals surface area contributed by atoms with E-state index in [-0.39, 0.29) is 0 Å². The van der Waals surface area contributed by atoms with Gasteiger partial charge in [-0.2, -0.15) is 0 Å². The summed E-state index contributed by atoms with van der Waals surface area (Å²) in [6.45, 7) is 8.58. The molecule has 0 aromatic carbocycles. The summed E-state index contributed by atoms with van der Waals surface area (Å²) in [5, 5.41) is 9.42. The maximum Gasteiger partial charge on any atom is 0.0462 e. The van der Waals surface area contributed by atoms with E-state index in [9.17, 15) is 5.11 Å². The molecule has 2 atom stereocenters. The van der Waals surface area contributed by atoms with E-state index in [0.717, 1.165) is 5.92 Å². The van der Waals surface area contributed by atoms with Crippen LogP contribution in [0.1, 0.15) is 52.4 Å². The predicted molar refractivity (Wildman–Crippen MR) is 69.6 cm³/mol. The molecule has 0 spiro atoms. The van der Waals surface area contributed by atoms with Crippen molar-refractivity contribution < 1.29 is 5.11 Å². The van der Waals surface area contributed by atoms with E-state index in [1.165, 1.54) is 58.2 Å². The van der Waals surface area contributed by atoms with E-state index in [0.29, 0.717) is 12.5 Å². The minimum atomic E-state index is 0.400. The molecule has 2 heteroatoms. The lowest BCUT2D eigenvalue weighted by atomic mass is 9.79. The molecule has 1 saturated carbocycles. The van der Waals surface area contributed by atoms with Crippen LogP contribution in [0.5, 0.6) is 0 Å². The van der Waals surface area contributed by atoms with Crippen molar-refractivity contribution in [2.45, 2.75) is 52.4 Å². The highest BCUT2D eigenvalue weighted by molar-refractivity contribution is 4.77. The Bertz CT molecular complexity index is 166. The van der Waals surface area contributed by atoms with Gasteiger partial charge in [-0.15, -0.1) is 0 Å². The predicted octanol–water partition coefficient (Wildman–Crippen LogP) is 2.91. The number of nitrogens with zero attached hydrogens (tertiary/aromatic N) is 1. The zero-order valence-electron chi connectivity index (χ0n) is 11.1. The molecular weight excluding hydrogens is 198 g/mol. The van der Waals surface area contributed by atoms with Crippen LogP contribution in [0.15, 0.2) is 0 Å². The Morgan fingerprint density at radius 3 is 2.06 bits per heavy atom. The van der Waals surface area contributed by atoms with Crippen LogP contribution in [0, 0.1) is 11.8 Å². The third-order valence-electron chi connectivity index (χ3n) is 3.87. The number of hydrogen-bond donors (Lipinski definition) is 1. The summed E-state index contributed by atoms with van der Waals surface area (Å²) in [6, 6.07) is 0. The van der Waals surface area contributed by atoms with Crippen molar-refractivity contribution >= 4 is 0 Å². The summed E-state index contributed by atoms with van der Waals surface area (Å²) in [4.78, 5) is 2.60. The van der Waals surface area contributed by atoms with Gasteiger partial charge in [0.25, 0.3) is 0 Å². The van der Waals surface area contributed by atoms with Gasteiger partial charge >= 0.3 is 0 Å². The molecule has 1 N–H and O–H groups in total. The molecule has 2 nitrogen and oxygen atoms in total. The van der Waals surface area contributed by atoms with Crippen molar-refractivity contribution in [1.29, 1.82) is 0 Å². The van der Waals surface area contributed by atoms with Crippen molar-refractivity contribution in [3.05, 3.63) is 0 Å². The lowest BCUT2D eigenvalue weighted by molar-refractivity contribution is 0.0994. The van der Waals surface area contributed by atoms with Gasteiger partial charge in [0.15, 0.2) is 0 Å². The first-order chi connectivity index (χ1) is 7.81. The van der Waals surface area contributed by atoms with Crippen molar-refractivity contribution in [2.75, 3.05) is 26.2 Å². The highest BCUT2D eigenvalue weighted by Gasteiger charge is 2.25. The van der Waals surface area contributed by atoms with E-state index in [4.69, 9.17) is 0 Å². The van der Waals surface area contributed by atoms with Gasteiger partial charge in [0, 0.05) is 13.2 Å². The molecule has 2 unspecified atom stereocenters. The van der Waals surface area contributed by atoms with Gasteiger partial charge in [0.2, 0.25) is 0 Å². The Morgan fingerprint density at radius 2 is 1.56 bits per heavy atom. The Hall–Kier alpha value is -0.0800. The molecule has 1 aliphatic rings. The van der Waals surface area contributed by atoms with Crippen LogP contribution in [0.2, 0.25) is 0 Å². The lowest BCUT2D eigenvalue weighted by Crippen LogP contribution is -2.36. The Balaban J connectivity index is 2.40. The molecule has 0 saturated heterocycles. The zero-order valence-corrected chi connectivity index (χ0v) is 11.1. The van der Waals surface area contributed by atoms with Crippen LogP contribution in [0.25, 0.3) is 0 Å². The van der Waals surface area contributed by atoms with Crippen molar-refractivity contribution in [1.82, 2.24) is 4.90 Å². The summed E-state index contributed by atoms with van der Waals surface area (Å²) >= 11 is 0. The first-order valence-corrected chi connectivity index (χ1v) is 7.15. The van der Waals surface area contributed by atoms with Gasteiger partial charge < -0.3 is 10.0 Å². The molecule has 0 aromatic heterocycles. The fourth-order valence-corrected chi connectivity index (χ4v) is 3.02. The van der Waals surface area contributed by atoms with Gasteiger partial charge in [-0.3, -0.25) is 0 Å². The van der Waals surface area contributed by atoms with Crippen LogP contribution in [-0.4, -0.2) is 36.2 Å². The van der Waals surface area contributed by atoms with Gasteiger partial charge in [-0.1, -0.05) is 26.7 Å². The molecule has 16 heavy (non-hydrogen) atoms. The summed E-state index contributed by atoms with van der Waals surface area (Å²) < 4.78 is 0. The Kier molecular flexibility index (Phi) is 7.06. The normalized spacial score (nSPS) is 26.2. The zero-order chi connectivity index (χ0) is 11.8. The Labute approximate surface area is 101 Å². The molecule has 0 radical (unpaired) electrons. The van der Waals surface area contributed by atoms with Crippen molar-refractivity contribution in [3.63, 3.8) is 0 Å². The molecule has 96 valence electrons. The molecule has 1 rings (SSSR count). The van der Waals surface area contributed by atoms with E-state index >= 15 is 0 Å². The van der Waals surface area contributed by atoms with E-state index in [1.54, 1.807) is 0 Å². The minimum absolute atomic E-state index is 0.400. The van der Waals surface area contributed by atoms with Crippen LogP contribution < -0.4 is 0 Å². The van der Waals surface area contributed by atoms with Gasteiger partial charge in [-0.25, -0.2) is 0 Å². The minimum Gasteiger partial charge on any atom is -0.396 e. The second-order valence-electron chi connectivity index (χ2n) is 5.29. The molecule has 0 aromatic rings. The molecule has 0 aliphatic heterocycles. The summed E-state index contributed by atoms with van der Waals surface area (Å²) in [5.41, 5.74) is 0. The number of rotatable bonds is 7.